The van der Waals surface area contributed by atoms with Crippen LogP contribution < -0.4 is 0 Å². The Hall–Kier alpha value is -6.22. The van der Waals surface area contributed by atoms with Crippen LogP contribution in [0.3, 0.4) is 0 Å². The van der Waals surface area contributed by atoms with Crippen molar-refractivity contribution in [1.82, 2.24) is 14.1 Å². The van der Waals surface area contributed by atoms with Gasteiger partial charge in [0.25, 0.3) is 0 Å². The molecule has 218 valence electrons. The molecule has 4 heterocycles. The lowest BCUT2D eigenvalue weighted by atomic mass is 10.0. The summed E-state index contributed by atoms with van der Waals surface area (Å²) in [6.45, 7) is 0. The van der Waals surface area contributed by atoms with Crippen LogP contribution in [0, 0.1) is 11.3 Å². The van der Waals surface area contributed by atoms with Gasteiger partial charge in [0.1, 0.15) is 5.65 Å². The van der Waals surface area contributed by atoms with Gasteiger partial charge in [0, 0.05) is 59.3 Å². The van der Waals surface area contributed by atoms with Gasteiger partial charge in [-0.1, -0.05) is 66.7 Å². The second-order valence-corrected chi connectivity index (χ2v) is 13.0. The SMILES string of the molecule is N#Cc1ccc2c(c1)c1ccccc1n2-c1cccc(-c2cccc(-n3c4ncccc4c4ccc5sc6ccccc6c5c43)c2)c1. The van der Waals surface area contributed by atoms with Gasteiger partial charge in [-0.05, 0) is 83.9 Å². The first-order valence-electron chi connectivity index (χ1n) is 15.6. The van der Waals surface area contributed by atoms with E-state index in [1.54, 1.807) is 0 Å². The van der Waals surface area contributed by atoms with Crippen LogP contribution in [0.4, 0.5) is 0 Å². The molecule has 4 nitrogen and oxygen atoms in total. The number of benzene rings is 6. The van der Waals surface area contributed by atoms with Crippen LogP contribution in [0.25, 0.3) is 86.4 Å². The van der Waals surface area contributed by atoms with E-state index in [0.717, 1.165) is 55.3 Å². The lowest BCUT2D eigenvalue weighted by molar-refractivity contribution is 1.14. The molecule has 0 aliphatic carbocycles. The number of rotatable bonds is 3. The Labute approximate surface area is 273 Å². The summed E-state index contributed by atoms with van der Waals surface area (Å²) in [6.07, 6.45) is 1.89. The molecule has 0 spiro atoms. The highest BCUT2D eigenvalue weighted by Crippen LogP contribution is 2.43. The van der Waals surface area contributed by atoms with Gasteiger partial charge in [0.2, 0.25) is 0 Å². The van der Waals surface area contributed by atoms with E-state index in [0.29, 0.717) is 5.56 Å². The maximum Gasteiger partial charge on any atom is 0.145 e. The maximum atomic E-state index is 9.59. The Balaban J connectivity index is 1.20. The topological polar surface area (TPSA) is 46.5 Å². The van der Waals surface area contributed by atoms with Crippen molar-refractivity contribution in [2.24, 2.45) is 0 Å². The van der Waals surface area contributed by atoms with Gasteiger partial charge in [-0.15, -0.1) is 11.3 Å². The predicted octanol–water partition coefficient (Wildman–Crippen LogP) is 11.2. The molecule has 0 saturated heterocycles. The van der Waals surface area contributed by atoms with Crippen molar-refractivity contribution in [3.8, 4) is 28.6 Å². The van der Waals surface area contributed by atoms with E-state index in [-0.39, 0.29) is 0 Å². The molecule has 6 aromatic carbocycles. The van der Waals surface area contributed by atoms with Gasteiger partial charge < -0.3 is 4.57 Å². The van der Waals surface area contributed by atoms with Crippen LogP contribution >= 0.6 is 11.3 Å². The molecular formula is C42H24N4S. The number of para-hydroxylation sites is 1. The molecule has 0 fully saturated rings. The lowest BCUT2D eigenvalue weighted by Gasteiger charge is -2.13. The molecule has 0 amide bonds. The maximum absolute atomic E-state index is 9.59. The first-order chi connectivity index (χ1) is 23.3. The van der Waals surface area contributed by atoms with Crippen LogP contribution in [0.5, 0.6) is 0 Å². The highest BCUT2D eigenvalue weighted by molar-refractivity contribution is 7.26. The summed E-state index contributed by atoms with van der Waals surface area (Å²) in [6, 6.07) is 51.6. The van der Waals surface area contributed by atoms with E-state index in [1.165, 1.54) is 31.1 Å². The average molecular weight is 617 g/mol. The Morgan fingerprint density at radius 2 is 1.26 bits per heavy atom. The van der Waals surface area contributed by atoms with Gasteiger partial charge in [0.05, 0.1) is 28.2 Å². The minimum Gasteiger partial charge on any atom is -0.309 e. The molecule has 0 aliphatic rings. The Bertz CT molecular complexity index is 2930. The third-order valence-corrected chi connectivity index (χ3v) is 10.5. The molecule has 0 aliphatic heterocycles. The third kappa shape index (κ3) is 3.77. The number of nitrogens with zero attached hydrogens (tertiary/aromatic N) is 4. The number of hydrogen-bond donors (Lipinski definition) is 0. The molecule has 10 rings (SSSR count). The first-order valence-corrected chi connectivity index (χ1v) is 16.4. The highest BCUT2D eigenvalue weighted by Gasteiger charge is 2.19. The van der Waals surface area contributed by atoms with Gasteiger partial charge in [0.15, 0.2) is 0 Å². The van der Waals surface area contributed by atoms with Gasteiger partial charge in [-0.25, -0.2) is 4.98 Å². The van der Waals surface area contributed by atoms with Crippen molar-refractivity contribution in [3.05, 3.63) is 151 Å². The van der Waals surface area contributed by atoms with Crippen LogP contribution in [0.1, 0.15) is 5.56 Å². The molecular weight excluding hydrogens is 593 g/mol. The fourth-order valence-electron chi connectivity index (χ4n) is 7.36. The van der Waals surface area contributed by atoms with Crippen LogP contribution in [0.15, 0.2) is 146 Å². The number of hydrogen-bond acceptors (Lipinski definition) is 3. The molecule has 0 unspecified atom stereocenters. The lowest BCUT2D eigenvalue weighted by Crippen LogP contribution is -1.97. The Morgan fingerprint density at radius 3 is 2.09 bits per heavy atom. The van der Waals surface area contributed by atoms with Crippen molar-refractivity contribution >= 4 is 75.3 Å². The summed E-state index contributed by atoms with van der Waals surface area (Å²) in [5.74, 6) is 0. The summed E-state index contributed by atoms with van der Waals surface area (Å²) >= 11 is 1.84. The number of aromatic nitrogens is 3. The number of thiophene rings is 1. The fourth-order valence-corrected chi connectivity index (χ4v) is 8.47. The van der Waals surface area contributed by atoms with Gasteiger partial charge >= 0.3 is 0 Å². The Morgan fingerprint density at radius 1 is 0.532 bits per heavy atom. The van der Waals surface area contributed by atoms with Crippen LogP contribution in [-0.2, 0) is 0 Å². The fraction of sp³-hybridized carbons (Fsp3) is 0. The molecule has 0 atom stereocenters. The number of pyridine rings is 1. The zero-order chi connectivity index (χ0) is 31.1. The summed E-state index contributed by atoms with van der Waals surface area (Å²) < 4.78 is 7.21. The van der Waals surface area contributed by atoms with E-state index in [2.05, 4.69) is 137 Å². The van der Waals surface area contributed by atoms with Crippen molar-refractivity contribution < 1.29 is 0 Å². The van der Waals surface area contributed by atoms with E-state index in [4.69, 9.17) is 4.98 Å². The van der Waals surface area contributed by atoms with E-state index < -0.39 is 0 Å². The van der Waals surface area contributed by atoms with Crippen LogP contribution in [-0.4, -0.2) is 14.1 Å². The largest absolute Gasteiger partial charge is 0.309 e. The average Bonchev–Trinajstić information content (AvgIpc) is 3.79. The van der Waals surface area contributed by atoms with E-state index >= 15 is 0 Å². The van der Waals surface area contributed by atoms with Crippen molar-refractivity contribution in [2.45, 2.75) is 0 Å². The minimum atomic E-state index is 0.665. The minimum absolute atomic E-state index is 0.665. The van der Waals surface area contributed by atoms with Crippen LogP contribution in [0.2, 0.25) is 0 Å². The van der Waals surface area contributed by atoms with E-state index in [1.807, 2.05) is 35.7 Å². The standard InChI is InChI=1S/C42H24N4S/c43-25-26-17-19-37-35(22-26)31-12-1-3-15-36(31)45(37)29-10-5-8-27(23-29)28-9-6-11-30(24-28)46-41-32(33-14-7-21-44-42(33)46)18-20-39-40(41)34-13-2-4-16-38(34)47-39/h1-24H. The molecule has 4 aromatic heterocycles. The smallest absolute Gasteiger partial charge is 0.145 e. The van der Waals surface area contributed by atoms with Gasteiger partial charge in [-0.2, -0.15) is 5.26 Å². The second-order valence-electron chi connectivity index (χ2n) is 11.9. The normalized spacial score (nSPS) is 11.8. The molecule has 0 radical (unpaired) electrons. The number of nitriles is 1. The summed E-state index contributed by atoms with van der Waals surface area (Å²) in [5, 5.41) is 16.7. The zero-order valence-electron chi connectivity index (χ0n) is 25.1. The third-order valence-electron chi connectivity index (χ3n) is 9.37. The second kappa shape index (κ2) is 9.89. The molecule has 10 aromatic rings. The predicted molar refractivity (Wildman–Crippen MR) is 196 cm³/mol. The molecule has 0 bridgehead atoms. The van der Waals surface area contributed by atoms with Crippen molar-refractivity contribution in [2.75, 3.05) is 0 Å². The first kappa shape index (κ1) is 26.0. The Kier molecular flexibility index (Phi) is 5.48. The monoisotopic (exact) mass is 616 g/mol. The number of fused-ring (bicyclic) bond motifs is 10. The summed E-state index contributed by atoms with van der Waals surface area (Å²) in [4.78, 5) is 4.93. The highest BCUT2D eigenvalue weighted by atomic mass is 32.1. The molecule has 5 heteroatoms. The van der Waals surface area contributed by atoms with Crippen molar-refractivity contribution in [3.63, 3.8) is 0 Å². The quantitative estimate of drug-likeness (QED) is 0.198. The summed E-state index contributed by atoms with van der Waals surface area (Å²) in [5.41, 5.74) is 9.43. The van der Waals surface area contributed by atoms with E-state index in [9.17, 15) is 5.26 Å². The molecule has 0 N–H and O–H groups in total. The molecule has 0 saturated carbocycles. The summed E-state index contributed by atoms with van der Waals surface area (Å²) in [7, 11) is 0. The molecule has 47 heavy (non-hydrogen) atoms. The zero-order valence-corrected chi connectivity index (χ0v) is 25.9. The van der Waals surface area contributed by atoms with Gasteiger partial charge in [-0.3, -0.25) is 4.57 Å². The van der Waals surface area contributed by atoms with Crippen molar-refractivity contribution in [1.29, 1.82) is 5.26 Å².